The van der Waals surface area contributed by atoms with Gasteiger partial charge in [0.05, 0.1) is 33.0 Å². The first kappa shape index (κ1) is 17.8. The van der Waals surface area contributed by atoms with E-state index in [0.717, 1.165) is 23.6 Å². The van der Waals surface area contributed by atoms with Crippen LogP contribution >= 0.6 is 0 Å². The maximum atomic E-state index is 5.99. The Morgan fingerprint density at radius 3 is 2.33 bits per heavy atom. The van der Waals surface area contributed by atoms with Gasteiger partial charge in [0.2, 0.25) is 0 Å². The average molecular weight is 295 g/mol. The van der Waals surface area contributed by atoms with Gasteiger partial charge in [0, 0.05) is 5.56 Å². The molecule has 0 aliphatic carbocycles. The van der Waals surface area contributed by atoms with E-state index in [2.05, 4.69) is 33.0 Å². The molecule has 2 atom stereocenters. The van der Waals surface area contributed by atoms with E-state index in [-0.39, 0.29) is 12.1 Å². The Balaban J connectivity index is 2.92. The Morgan fingerprint density at radius 2 is 1.81 bits per heavy atom. The highest BCUT2D eigenvalue weighted by Crippen LogP contribution is 2.30. The van der Waals surface area contributed by atoms with Crippen LogP contribution in [-0.4, -0.2) is 33.5 Å². The van der Waals surface area contributed by atoms with Crippen LogP contribution in [0, 0.1) is 5.92 Å². The number of benzene rings is 1. The molecule has 120 valence electrons. The lowest BCUT2D eigenvalue weighted by Gasteiger charge is -2.24. The monoisotopic (exact) mass is 295 g/mol. The standard InChI is InChI=1S/C17H29NO3/c1-7-18-16(11-21-13(4)12(2)3)15-10-14(19-5)8-9-17(15)20-6/h8-10,12-13,16,18H,7,11H2,1-6H3. The van der Waals surface area contributed by atoms with E-state index in [1.807, 2.05) is 18.2 Å². The maximum absolute atomic E-state index is 5.99. The largest absolute Gasteiger partial charge is 0.497 e. The molecule has 0 heterocycles. The van der Waals surface area contributed by atoms with Gasteiger partial charge in [0.1, 0.15) is 11.5 Å². The minimum atomic E-state index is 0.0845. The summed E-state index contributed by atoms with van der Waals surface area (Å²) in [4.78, 5) is 0. The van der Waals surface area contributed by atoms with Crippen LogP contribution < -0.4 is 14.8 Å². The van der Waals surface area contributed by atoms with Crippen LogP contribution in [0.1, 0.15) is 39.3 Å². The first-order valence-corrected chi connectivity index (χ1v) is 7.60. The molecule has 1 aromatic rings. The normalized spacial score (nSPS) is 14.0. The molecule has 2 unspecified atom stereocenters. The smallest absolute Gasteiger partial charge is 0.123 e. The molecule has 0 saturated heterocycles. The molecule has 0 fully saturated rings. The van der Waals surface area contributed by atoms with Gasteiger partial charge in [-0.05, 0) is 37.6 Å². The van der Waals surface area contributed by atoms with Crippen LogP contribution in [0.15, 0.2) is 18.2 Å². The van der Waals surface area contributed by atoms with Crippen molar-refractivity contribution < 1.29 is 14.2 Å². The maximum Gasteiger partial charge on any atom is 0.123 e. The summed E-state index contributed by atoms with van der Waals surface area (Å²) < 4.78 is 16.8. The number of likely N-dealkylation sites (N-methyl/N-ethyl adjacent to an activating group) is 1. The lowest BCUT2D eigenvalue weighted by molar-refractivity contribution is 0.0217. The molecule has 21 heavy (non-hydrogen) atoms. The summed E-state index contributed by atoms with van der Waals surface area (Å²) in [5.41, 5.74) is 1.06. The summed E-state index contributed by atoms with van der Waals surface area (Å²) in [6.07, 6.45) is 0.225. The average Bonchev–Trinajstić information content (AvgIpc) is 2.50. The molecule has 0 amide bonds. The fourth-order valence-corrected chi connectivity index (χ4v) is 2.06. The number of methoxy groups -OCH3 is 2. The minimum Gasteiger partial charge on any atom is -0.497 e. The van der Waals surface area contributed by atoms with Crippen molar-refractivity contribution in [2.75, 3.05) is 27.4 Å². The van der Waals surface area contributed by atoms with Crippen molar-refractivity contribution in [3.8, 4) is 11.5 Å². The highest BCUT2D eigenvalue weighted by Gasteiger charge is 2.18. The fourth-order valence-electron chi connectivity index (χ4n) is 2.06. The van der Waals surface area contributed by atoms with Gasteiger partial charge < -0.3 is 19.5 Å². The Labute approximate surface area is 128 Å². The molecule has 1 rings (SSSR count). The molecular weight excluding hydrogens is 266 g/mol. The fraction of sp³-hybridized carbons (Fsp3) is 0.647. The van der Waals surface area contributed by atoms with E-state index in [4.69, 9.17) is 14.2 Å². The highest BCUT2D eigenvalue weighted by atomic mass is 16.5. The minimum absolute atomic E-state index is 0.0845. The third kappa shape index (κ3) is 5.21. The summed E-state index contributed by atoms with van der Waals surface area (Å²) in [6.45, 7) is 10.0. The summed E-state index contributed by atoms with van der Waals surface area (Å²) in [6, 6.07) is 5.93. The second-order valence-electron chi connectivity index (χ2n) is 5.50. The molecule has 1 aromatic carbocycles. The van der Waals surface area contributed by atoms with Crippen molar-refractivity contribution in [2.45, 2.75) is 39.8 Å². The van der Waals surface area contributed by atoms with Crippen molar-refractivity contribution in [2.24, 2.45) is 5.92 Å². The molecule has 0 bridgehead atoms. The first-order valence-electron chi connectivity index (χ1n) is 7.60. The summed E-state index contributed by atoms with van der Waals surface area (Å²) in [7, 11) is 3.36. The molecule has 0 spiro atoms. The van der Waals surface area contributed by atoms with Gasteiger partial charge in [-0.2, -0.15) is 0 Å². The molecule has 0 aromatic heterocycles. The molecule has 1 N–H and O–H groups in total. The lowest BCUT2D eigenvalue weighted by Crippen LogP contribution is -2.28. The Hall–Kier alpha value is -1.26. The van der Waals surface area contributed by atoms with Gasteiger partial charge in [0.15, 0.2) is 0 Å². The number of nitrogens with one attached hydrogen (secondary N) is 1. The first-order chi connectivity index (χ1) is 10.0. The van der Waals surface area contributed by atoms with Gasteiger partial charge in [-0.1, -0.05) is 20.8 Å². The van der Waals surface area contributed by atoms with Crippen LogP contribution in [-0.2, 0) is 4.74 Å². The zero-order valence-corrected chi connectivity index (χ0v) is 14.1. The second-order valence-corrected chi connectivity index (χ2v) is 5.50. The quantitative estimate of drug-likeness (QED) is 0.758. The topological polar surface area (TPSA) is 39.7 Å². The van der Waals surface area contributed by atoms with E-state index in [1.54, 1.807) is 14.2 Å². The molecule has 4 heteroatoms. The molecule has 0 aliphatic rings. The second kappa shape index (κ2) is 8.90. The van der Waals surface area contributed by atoms with Crippen LogP contribution in [0.2, 0.25) is 0 Å². The van der Waals surface area contributed by atoms with Crippen LogP contribution in [0.25, 0.3) is 0 Å². The summed E-state index contributed by atoms with van der Waals surface area (Å²) >= 11 is 0. The van der Waals surface area contributed by atoms with E-state index in [1.165, 1.54) is 0 Å². The molecule has 0 radical (unpaired) electrons. The third-order valence-corrected chi connectivity index (χ3v) is 3.73. The lowest BCUT2D eigenvalue weighted by atomic mass is 10.0. The van der Waals surface area contributed by atoms with Crippen molar-refractivity contribution in [3.63, 3.8) is 0 Å². The van der Waals surface area contributed by atoms with Crippen LogP contribution in [0.4, 0.5) is 0 Å². The zero-order valence-electron chi connectivity index (χ0n) is 14.1. The Kier molecular flexibility index (Phi) is 7.54. The van der Waals surface area contributed by atoms with Crippen molar-refractivity contribution in [1.82, 2.24) is 5.32 Å². The van der Waals surface area contributed by atoms with Crippen molar-refractivity contribution in [3.05, 3.63) is 23.8 Å². The number of hydrogen-bond acceptors (Lipinski definition) is 4. The molecule has 0 saturated carbocycles. The van der Waals surface area contributed by atoms with E-state index >= 15 is 0 Å². The number of ether oxygens (including phenoxy) is 3. The van der Waals surface area contributed by atoms with Crippen LogP contribution in [0.5, 0.6) is 11.5 Å². The van der Waals surface area contributed by atoms with Gasteiger partial charge >= 0.3 is 0 Å². The molecule has 4 nitrogen and oxygen atoms in total. The van der Waals surface area contributed by atoms with Gasteiger partial charge in [-0.15, -0.1) is 0 Å². The van der Waals surface area contributed by atoms with E-state index in [9.17, 15) is 0 Å². The highest BCUT2D eigenvalue weighted by molar-refractivity contribution is 5.42. The van der Waals surface area contributed by atoms with E-state index in [0.29, 0.717) is 12.5 Å². The SMILES string of the molecule is CCNC(COC(C)C(C)C)c1cc(OC)ccc1OC. The van der Waals surface area contributed by atoms with Gasteiger partial charge in [-0.3, -0.25) is 0 Å². The predicted octanol–water partition coefficient (Wildman–Crippen LogP) is 3.42. The Bertz CT molecular complexity index is 420. The summed E-state index contributed by atoms with van der Waals surface area (Å²) in [5.74, 6) is 2.17. The van der Waals surface area contributed by atoms with E-state index < -0.39 is 0 Å². The van der Waals surface area contributed by atoms with Crippen molar-refractivity contribution in [1.29, 1.82) is 0 Å². The van der Waals surface area contributed by atoms with Gasteiger partial charge in [0.25, 0.3) is 0 Å². The Morgan fingerprint density at radius 1 is 1.10 bits per heavy atom. The summed E-state index contributed by atoms with van der Waals surface area (Å²) in [5, 5.41) is 3.46. The van der Waals surface area contributed by atoms with Crippen molar-refractivity contribution >= 4 is 0 Å². The van der Waals surface area contributed by atoms with Gasteiger partial charge in [-0.25, -0.2) is 0 Å². The third-order valence-electron chi connectivity index (χ3n) is 3.73. The zero-order chi connectivity index (χ0) is 15.8. The molecule has 0 aliphatic heterocycles. The predicted molar refractivity (Wildman–Crippen MR) is 86.2 cm³/mol. The number of rotatable bonds is 9. The molecular formula is C17H29NO3. The van der Waals surface area contributed by atoms with Crippen LogP contribution in [0.3, 0.4) is 0 Å². The number of hydrogen-bond donors (Lipinski definition) is 1.